The summed E-state index contributed by atoms with van der Waals surface area (Å²) < 4.78 is 56.4. The third-order valence-corrected chi connectivity index (χ3v) is 5.91. The van der Waals surface area contributed by atoms with Crippen LogP contribution >= 0.6 is 0 Å². The van der Waals surface area contributed by atoms with Gasteiger partial charge in [0.15, 0.2) is 11.5 Å². The minimum absolute atomic E-state index is 0.0537. The van der Waals surface area contributed by atoms with Crippen LogP contribution in [0, 0.1) is 0 Å². The van der Waals surface area contributed by atoms with E-state index in [0.29, 0.717) is 28.5 Å². The number of hydrogen-bond donors (Lipinski definition) is 1. The molecule has 2 aromatic rings. The molecule has 0 radical (unpaired) electrons. The zero-order valence-corrected chi connectivity index (χ0v) is 16.7. The van der Waals surface area contributed by atoms with Gasteiger partial charge in [0.05, 0.1) is 26.7 Å². The van der Waals surface area contributed by atoms with E-state index in [9.17, 15) is 18.0 Å². The van der Waals surface area contributed by atoms with Crippen molar-refractivity contribution in [3.8, 4) is 17.2 Å². The fourth-order valence-electron chi connectivity index (χ4n) is 4.72. The van der Waals surface area contributed by atoms with Crippen LogP contribution in [0.1, 0.15) is 17.5 Å². The molecule has 2 atom stereocenters. The molecule has 1 fully saturated rings. The number of fused-ring (bicyclic) bond motifs is 3. The summed E-state index contributed by atoms with van der Waals surface area (Å²) in [5, 5.41) is 3.13. The molecule has 2 aliphatic heterocycles. The Labute approximate surface area is 171 Å². The molecule has 1 saturated heterocycles. The first-order valence-corrected chi connectivity index (χ1v) is 9.33. The van der Waals surface area contributed by atoms with E-state index in [1.165, 1.54) is 21.3 Å². The van der Waals surface area contributed by atoms with E-state index in [-0.39, 0.29) is 13.0 Å². The molecule has 160 valence electrons. The predicted molar refractivity (Wildman–Crippen MR) is 103 cm³/mol. The van der Waals surface area contributed by atoms with Gasteiger partial charge in [-0.25, -0.2) is 0 Å². The SMILES string of the molecule is COc1ccc([C@]23CCN(C(=O)C(F)(F)F)[C@H]2Nc2ccccc23)c(OC)c1OC. The van der Waals surface area contributed by atoms with Gasteiger partial charge in [0.1, 0.15) is 6.17 Å². The lowest BCUT2D eigenvalue weighted by atomic mass is 9.72. The molecule has 0 spiro atoms. The first-order valence-electron chi connectivity index (χ1n) is 9.33. The number of methoxy groups -OCH3 is 3. The van der Waals surface area contributed by atoms with Crippen LogP contribution < -0.4 is 19.5 Å². The Hall–Kier alpha value is -3.10. The first kappa shape index (κ1) is 20.2. The number of rotatable bonds is 4. The zero-order chi connectivity index (χ0) is 21.7. The second-order valence-electron chi connectivity index (χ2n) is 7.19. The van der Waals surface area contributed by atoms with Gasteiger partial charge in [0, 0.05) is 17.8 Å². The number of likely N-dealkylation sites (tertiary alicyclic amines) is 1. The lowest BCUT2D eigenvalue weighted by Gasteiger charge is -2.34. The van der Waals surface area contributed by atoms with E-state index in [1.807, 2.05) is 12.1 Å². The number of carbonyl (C=O) groups excluding carboxylic acids is 1. The standard InChI is InChI=1S/C21H21F3N2O4/c1-28-15-9-8-13(16(29-2)17(15)30-3)20-10-11-26(19(27)21(22,23)24)18(20)25-14-7-5-4-6-12(14)20/h4-9,18,25H,10-11H2,1-3H3/t18-,20-/m1/s1. The molecule has 2 heterocycles. The number of hydrogen-bond acceptors (Lipinski definition) is 5. The van der Waals surface area contributed by atoms with E-state index in [0.717, 1.165) is 10.5 Å². The number of amides is 1. The Morgan fingerprint density at radius 1 is 1.03 bits per heavy atom. The van der Waals surface area contributed by atoms with Crippen LogP contribution in [0.4, 0.5) is 18.9 Å². The summed E-state index contributed by atoms with van der Waals surface area (Å²) in [4.78, 5) is 13.1. The number of para-hydroxylation sites is 1. The molecule has 0 unspecified atom stereocenters. The highest BCUT2D eigenvalue weighted by Crippen LogP contribution is 2.57. The molecule has 1 amide bonds. The number of anilines is 1. The van der Waals surface area contributed by atoms with Crippen LogP contribution in [0.25, 0.3) is 0 Å². The Bertz CT molecular complexity index is 995. The number of halogens is 3. The largest absolute Gasteiger partial charge is 0.493 e. The smallest absolute Gasteiger partial charge is 0.471 e. The molecule has 30 heavy (non-hydrogen) atoms. The van der Waals surface area contributed by atoms with Crippen molar-refractivity contribution in [2.24, 2.45) is 0 Å². The summed E-state index contributed by atoms with van der Waals surface area (Å²) >= 11 is 0. The number of benzene rings is 2. The maximum atomic E-state index is 13.3. The molecule has 1 N–H and O–H groups in total. The Kier molecular flexibility index (Phi) is 4.71. The molecular formula is C21H21F3N2O4. The van der Waals surface area contributed by atoms with Gasteiger partial charge in [0.2, 0.25) is 5.75 Å². The third-order valence-electron chi connectivity index (χ3n) is 5.91. The van der Waals surface area contributed by atoms with E-state index in [2.05, 4.69) is 5.32 Å². The number of ether oxygens (including phenoxy) is 3. The average Bonchev–Trinajstić information content (AvgIpc) is 3.26. The van der Waals surface area contributed by atoms with Crippen molar-refractivity contribution < 1.29 is 32.2 Å². The molecule has 2 aromatic carbocycles. The van der Waals surface area contributed by atoms with Crippen LogP contribution in [-0.2, 0) is 10.2 Å². The minimum atomic E-state index is -4.96. The molecule has 9 heteroatoms. The van der Waals surface area contributed by atoms with Gasteiger partial charge in [-0.3, -0.25) is 4.79 Å². The summed E-state index contributed by atoms with van der Waals surface area (Å²) in [6, 6.07) is 10.7. The van der Waals surface area contributed by atoms with Gasteiger partial charge in [-0.1, -0.05) is 24.3 Å². The highest BCUT2D eigenvalue weighted by molar-refractivity contribution is 5.85. The fourth-order valence-corrected chi connectivity index (χ4v) is 4.72. The summed E-state index contributed by atoms with van der Waals surface area (Å²) in [7, 11) is 4.42. The van der Waals surface area contributed by atoms with Gasteiger partial charge < -0.3 is 24.4 Å². The monoisotopic (exact) mass is 422 g/mol. The van der Waals surface area contributed by atoms with Crippen LogP contribution in [0.5, 0.6) is 17.2 Å². The maximum Gasteiger partial charge on any atom is 0.471 e. The summed E-state index contributed by atoms with van der Waals surface area (Å²) in [6.07, 6.45) is -5.60. The molecule has 2 aliphatic rings. The van der Waals surface area contributed by atoms with Crippen molar-refractivity contribution in [3.63, 3.8) is 0 Å². The Morgan fingerprint density at radius 3 is 2.37 bits per heavy atom. The summed E-state index contributed by atoms with van der Waals surface area (Å²) in [5.74, 6) is -0.724. The molecule has 6 nitrogen and oxygen atoms in total. The highest BCUT2D eigenvalue weighted by atomic mass is 19.4. The molecule has 0 aromatic heterocycles. The molecule has 0 bridgehead atoms. The van der Waals surface area contributed by atoms with Crippen molar-refractivity contribution in [2.75, 3.05) is 33.2 Å². The van der Waals surface area contributed by atoms with Crippen molar-refractivity contribution in [1.82, 2.24) is 4.90 Å². The van der Waals surface area contributed by atoms with Crippen LogP contribution in [-0.4, -0.2) is 51.0 Å². The van der Waals surface area contributed by atoms with E-state index in [4.69, 9.17) is 14.2 Å². The highest BCUT2D eigenvalue weighted by Gasteiger charge is 2.60. The van der Waals surface area contributed by atoms with Gasteiger partial charge in [0.25, 0.3) is 0 Å². The second-order valence-corrected chi connectivity index (χ2v) is 7.19. The molecule has 0 aliphatic carbocycles. The lowest BCUT2D eigenvalue weighted by molar-refractivity contribution is -0.186. The quantitative estimate of drug-likeness (QED) is 0.817. The number of nitrogens with zero attached hydrogens (tertiary/aromatic N) is 1. The van der Waals surface area contributed by atoms with Gasteiger partial charge >= 0.3 is 12.1 Å². The predicted octanol–water partition coefficient (Wildman–Crippen LogP) is 3.54. The third kappa shape index (κ3) is 2.68. The zero-order valence-electron chi connectivity index (χ0n) is 16.7. The van der Waals surface area contributed by atoms with Crippen molar-refractivity contribution in [3.05, 3.63) is 47.5 Å². The topological polar surface area (TPSA) is 60.0 Å². The van der Waals surface area contributed by atoms with Crippen molar-refractivity contribution >= 4 is 11.6 Å². The maximum absolute atomic E-state index is 13.3. The number of alkyl halides is 3. The molecule has 4 rings (SSSR count). The second kappa shape index (κ2) is 7.00. The summed E-state index contributed by atoms with van der Waals surface area (Å²) in [5.41, 5.74) is 1.17. The first-order chi connectivity index (χ1) is 14.3. The Morgan fingerprint density at radius 2 is 1.73 bits per heavy atom. The molecular weight excluding hydrogens is 401 g/mol. The van der Waals surface area contributed by atoms with Crippen molar-refractivity contribution in [1.29, 1.82) is 0 Å². The van der Waals surface area contributed by atoms with Gasteiger partial charge in [-0.2, -0.15) is 13.2 Å². The summed E-state index contributed by atoms with van der Waals surface area (Å²) in [6.45, 7) is -0.0537. The normalized spacial score (nSPS) is 22.2. The van der Waals surface area contributed by atoms with Crippen LogP contribution in [0.3, 0.4) is 0 Å². The van der Waals surface area contributed by atoms with E-state index >= 15 is 0 Å². The minimum Gasteiger partial charge on any atom is -0.493 e. The van der Waals surface area contributed by atoms with E-state index < -0.39 is 23.7 Å². The van der Waals surface area contributed by atoms with E-state index in [1.54, 1.807) is 24.3 Å². The van der Waals surface area contributed by atoms with Gasteiger partial charge in [-0.05, 0) is 24.1 Å². The average molecular weight is 422 g/mol. The number of nitrogens with one attached hydrogen (secondary N) is 1. The molecule has 0 saturated carbocycles. The van der Waals surface area contributed by atoms with Gasteiger partial charge in [-0.15, -0.1) is 0 Å². The van der Waals surface area contributed by atoms with Crippen molar-refractivity contribution in [2.45, 2.75) is 24.2 Å². The Balaban J connectivity index is 1.95. The lowest BCUT2D eigenvalue weighted by Crippen LogP contribution is -2.50. The van der Waals surface area contributed by atoms with Crippen LogP contribution in [0.2, 0.25) is 0 Å². The van der Waals surface area contributed by atoms with Crippen LogP contribution in [0.15, 0.2) is 36.4 Å². The fraction of sp³-hybridized carbons (Fsp3) is 0.381. The number of carbonyl (C=O) groups is 1.